The Balaban J connectivity index is 1.84. The van der Waals surface area contributed by atoms with Crippen LogP contribution in [0.2, 0.25) is 0 Å². The molecule has 2 aliphatic rings. The minimum atomic E-state index is -3.26. The average molecular weight is 472 g/mol. The monoisotopic (exact) mass is 471 g/mol. The number of amides is 1. The number of hydrogen-bond donors (Lipinski definition) is 0. The highest BCUT2D eigenvalue weighted by molar-refractivity contribution is 7.93. The van der Waals surface area contributed by atoms with E-state index >= 15 is 0 Å². The van der Waals surface area contributed by atoms with Gasteiger partial charge < -0.3 is 9.47 Å². The molecule has 2 heterocycles. The average Bonchev–Trinajstić information content (AvgIpc) is 3.10. The van der Waals surface area contributed by atoms with E-state index in [1.54, 1.807) is 31.4 Å². The van der Waals surface area contributed by atoms with Gasteiger partial charge in [-0.05, 0) is 49.6 Å². The summed E-state index contributed by atoms with van der Waals surface area (Å²) in [5.41, 5.74) is 3.90. The predicted molar refractivity (Wildman–Crippen MR) is 128 cm³/mol. The van der Waals surface area contributed by atoms with Crippen LogP contribution in [-0.2, 0) is 21.2 Å². The zero-order valence-corrected chi connectivity index (χ0v) is 20.2. The Bertz CT molecular complexity index is 1190. The summed E-state index contributed by atoms with van der Waals surface area (Å²) < 4.78 is 37.1. The lowest BCUT2D eigenvalue weighted by Crippen LogP contribution is -2.34. The molecule has 0 aromatic heterocycles. The van der Waals surface area contributed by atoms with Gasteiger partial charge in [-0.15, -0.1) is 0 Å². The number of fused-ring (bicyclic) bond motifs is 1. The fourth-order valence-corrected chi connectivity index (χ4v) is 5.93. The number of hydrazone groups is 1. The number of sulfonamides is 1. The normalized spacial score (nSPS) is 19.5. The minimum absolute atomic E-state index is 0.0634. The van der Waals surface area contributed by atoms with E-state index in [1.807, 2.05) is 38.1 Å². The van der Waals surface area contributed by atoms with E-state index in [2.05, 4.69) is 0 Å². The third-order valence-corrected chi connectivity index (χ3v) is 7.96. The largest absolute Gasteiger partial charge is 0.493 e. The number of benzene rings is 2. The summed E-state index contributed by atoms with van der Waals surface area (Å²) >= 11 is 0. The smallest absolute Gasteiger partial charge is 0.242 e. The molecular weight excluding hydrogens is 442 g/mol. The van der Waals surface area contributed by atoms with E-state index in [4.69, 9.17) is 14.6 Å². The van der Waals surface area contributed by atoms with Crippen molar-refractivity contribution in [3.05, 3.63) is 53.1 Å². The molecule has 1 atom stereocenters. The molecule has 1 unspecified atom stereocenters. The van der Waals surface area contributed by atoms with E-state index in [9.17, 15) is 13.2 Å². The Kier molecular flexibility index (Phi) is 6.34. The second-order valence-corrected chi connectivity index (χ2v) is 10.3. The summed E-state index contributed by atoms with van der Waals surface area (Å²) in [4.78, 5) is 12.7. The zero-order valence-electron chi connectivity index (χ0n) is 19.4. The molecule has 2 aromatic carbocycles. The number of nitrogens with zero attached hydrogens (tertiary/aromatic N) is 3. The number of hydrogen-bond acceptors (Lipinski definition) is 6. The molecule has 0 aliphatic carbocycles. The number of ether oxygens (including phenoxy) is 2. The molecule has 0 saturated carbocycles. The van der Waals surface area contributed by atoms with Crippen molar-refractivity contribution in [1.29, 1.82) is 0 Å². The SMILES string of the molecule is CCC(=O)N1N=C(c2ccc(N3CCCS3(=O)=O)cc2)c2cc(OC)c(OC)cc2CC1C. The van der Waals surface area contributed by atoms with Crippen molar-refractivity contribution >= 4 is 27.3 Å². The van der Waals surface area contributed by atoms with Gasteiger partial charge >= 0.3 is 0 Å². The van der Waals surface area contributed by atoms with Crippen LogP contribution in [0.25, 0.3) is 0 Å². The number of carbonyl (C=O) groups is 1. The van der Waals surface area contributed by atoms with Crippen molar-refractivity contribution in [3.8, 4) is 11.5 Å². The van der Waals surface area contributed by atoms with Crippen LogP contribution in [0.3, 0.4) is 0 Å². The van der Waals surface area contributed by atoms with Crippen molar-refractivity contribution < 1.29 is 22.7 Å². The molecule has 8 nitrogen and oxygen atoms in total. The van der Waals surface area contributed by atoms with Gasteiger partial charge in [0.1, 0.15) is 0 Å². The van der Waals surface area contributed by atoms with Crippen LogP contribution in [0.1, 0.15) is 43.4 Å². The van der Waals surface area contributed by atoms with Crippen LogP contribution in [0.15, 0.2) is 41.5 Å². The van der Waals surface area contributed by atoms with Crippen LogP contribution >= 0.6 is 0 Å². The maximum absolute atomic E-state index is 12.7. The molecule has 33 heavy (non-hydrogen) atoms. The second-order valence-electron chi connectivity index (χ2n) is 8.25. The maximum Gasteiger partial charge on any atom is 0.242 e. The first kappa shape index (κ1) is 23.1. The molecule has 1 fully saturated rings. The van der Waals surface area contributed by atoms with Crippen molar-refractivity contribution in [2.24, 2.45) is 5.10 Å². The van der Waals surface area contributed by atoms with Gasteiger partial charge in [0.15, 0.2) is 11.5 Å². The summed E-state index contributed by atoms with van der Waals surface area (Å²) in [6.07, 6.45) is 1.58. The number of anilines is 1. The van der Waals surface area contributed by atoms with Crippen molar-refractivity contribution in [2.75, 3.05) is 30.8 Å². The Morgan fingerprint density at radius 3 is 2.36 bits per heavy atom. The van der Waals surface area contributed by atoms with Gasteiger partial charge in [-0.3, -0.25) is 9.10 Å². The Labute approximate surface area is 194 Å². The Hall–Kier alpha value is -3.07. The maximum atomic E-state index is 12.7. The molecule has 2 aromatic rings. The van der Waals surface area contributed by atoms with Crippen LogP contribution in [0, 0.1) is 0 Å². The minimum Gasteiger partial charge on any atom is -0.493 e. The van der Waals surface area contributed by atoms with Gasteiger partial charge in [0.2, 0.25) is 15.9 Å². The molecule has 0 bridgehead atoms. The van der Waals surface area contributed by atoms with Crippen molar-refractivity contribution in [3.63, 3.8) is 0 Å². The van der Waals surface area contributed by atoms with Gasteiger partial charge in [0.25, 0.3) is 0 Å². The fraction of sp³-hybridized carbons (Fsp3) is 0.417. The standard InChI is InChI=1S/C24H29N3O5S/c1-5-23(28)27-16(2)13-18-14-21(31-3)22(32-4)15-20(18)24(25-27)17-7-9-19(10-8-17)26-11-6-12-33(26,29)30/h7-10,14-16H,5-6,11-13H2,1-4H3. The third-order valence-electron chi connectivity index (χ3n) is 6.09. The third kappa shape index (κ3) is 4.29. The molecule has 0 spiro atoms. The lowest BCUT2D eigenvalue weighted by molar-refractivity contribution is -0.132. The molecule has 176 valence electrons. The second kappa shape index (κ2) is 9.05. The summed E-state index contributed by atoms with van der Waals surface area (Å²) in [6.45, 7) is 4.28. The van der Waals surface area contributed by atoms with Gasteiger partial charge in [-0.1, -0.05) is 19.1 Å². The van der Waals surface area contributed by atoms with E-state index < -0.39 is 10.0 Å². The molecule has 2 aliphatic heterocycles. The van der Waals surface area contributed by atoms with Gasteiger partial charge in [-0.2, -0.15) is 5.10 Å². The van der Waals surface area contributed by atoms with Crippen molar-refractivity contribution in [1.82, 2.24) is 5.01 Å². The quantitative estimate of drug-likeness (QED) is 0.668. The van der Waals surface area contributed by atoms with Crippen LogP contribution in [0.5, 0.6) is 11.5 Å². The van der Waals surface area contributed by atoms with E-state index in [0.717, 1.165) is 16.7 Å². The highest BCUT2D eigenvalue weighted by Gasteiger charge is 2.30. The molecule has 0 N–H and O–H groups in total. The molecule has 1 amide bonds. The molecule has 9 heteroatoms. The topological polar surface area (TPSA) is 88.5 Å². The summed E-state index contributed by atoms with van der Waals surface area (Å²) in [5, 5.41) is 6.35. The van der Waals surface area contributed by atoms with Crippen molar-refractivity contribution in [2.45, 2.75) is 39.2 Å². The van der Waals surface area contributed by atoms with E-state index in [-0.39, 0.29) is 17.7 Å². The Morgan fingerprint density at radius 1 is 1.12 bits per heavy atom. The fourth-order valence-electron chi connectivity index (χ4n) is 4.37. The molecule has 4 rings (SSSR count). The van der Waals surface area contributed by atoms with Crippen LogP contribution in [0.4, 0.5) is 5.69 Å². The van der Waals surface area contributed by atoms with E-state index in [0.29, 0.717) is 48.7 Å². The number of methoxy groups -OCH3 is 2. The number of rotatable bonds is 5. The first-order valence-electron chi connectivity index (χ1n) is 11.1. The van der Waals surface area contributed by atoms with Gasteiger partial charge in [-0.25, -0.2) is 13.4 Å². The summed E-state index contributed by atoms with van der Waals surface area (Å²) in [5.74, 6) is 1.30. The Morgan fingerprint density at radius 2 is 1.79 bits per heavy atom. The zero-order chi connectivity index (χ0) is 23.8. The molecular formula is C24H29N3O5S. The highest BCUT2D eigenvalue weighted by Crippen LogP contribution is 2.35. The predicted octanol–water partition coefficient (Wildman–Crippen LogP) is 3.18. The lowest BCUT2D eigenvalue weighted by Gasteiger charge is -2.23. The van der Waals surface area contributed by atoms with Crippen LogP contribution < -0.4 is 13.8 Å². The first-order valence-corrected chi connectivity index (χ1v) is 12.7. The first-order chi connectivity index (χ1) is 15.8. The van der Waals surface area contributed by atoms with Gasteiger partial charge in [0, 0.05) is 24.1 Å². The molecule has 0 radical (unpaired) electrons. The van der Waals surface area contributed by atoms with Crippen LogP contribution in [-0.4, -0.2) is 57.6 Å². The summed E-state index contributed by atoms with van der Waals surface area (Å²) in [7, 11) is -0.0834. The van der Waals surface area contributed by atoms with Gasteiger partial charge in [0.05, 0.1) is 37.4 Å². The molecule has 1 saturated heterocycles. The summed E-state index contributed by atoms with van der Waals surface area (Å²) in [6, 6.07) is 11.0. The lowest BCUT2D eigenvalue weighted by atomic mass is 9.94. The highest BCUT2D eigenvalue weighted by atomic mass is 32.2. The number of carbonyl (C=O) groups excluding carboxylic acids is 1. The van der Waals surface area contributed by atoms with E-state index in [1.165, 1.54) is 4.31 Å².